The van der Waals surface area contributed by atoms with Gasteiger partial charge in [0.25, 0.3) is 0 Å². The molecule has 2 N–H and O–H groups in total. The van der Waals surface area contributed by atoms with Crippen LogP contribution in [0.25, 0.3) is 0 Å². The zero-order valence-electron chi connectivity index (χ0n) is 10.00. The Morgan fingerprint density at radius 2 is 2.33 bits per heavy atom. The zero-order valence-corrected chi connectivity index (χ0v) is 10.8. The molecular formula is C10H16N2O5S. The molecule has 0 bridgehead atoms. The fourth-order valence-electron chi connectivity index (χ4n) is 1.41. The average molecular weight is 276 g/mol. The zero-order chi connectivity index (χ0) is 13.6. The lowest BCUT2D eigenvalue weighted by molar-refractivity contribution is -0.139. The summed E-state index contributed by atoms with van der Waals surface area (Å²) in [6, 6.07) is 0.322. The first-order valence-electron chi connectivity index (χ1n) is 5.56. The predicted molar refractivity (Wildman–Crippen MR) is 63.2 cm³/mol. The average Bonchev–Trinajstić information content (AvgIpc) is 2.75. The lowest BCUT2D eigenvalue weighted by Crippen LogP contribution is -2.41. The van der Waals surface area contributed by atoms with Crippen LogP contribution in [0, 0.1) is 0 Å². The van der Waals surface area contributed by atoms with Crippen molar-refractivity contribution in [1.82, 2.24) is 9.88 Å². The topological polar surface area (TPSA) is 110 Å². The van der Waals surface area contributed by atoms with Crippen molar-refractivity contribution in [2.75, 3.05) is 0 Å². The van der Waals surface area contributed by atoms with E-state index in [2.05, 4.69) is 14.4 Å². The molecule has 1 rings (SSSR count). The van der Waals surface area contributed by atoms with Crippen molar-refractivity contribution in [1.29, 1.82) is 0 Å². The molecule has 0 unspecified atom stereocenters. The maximum absolute atomic E-state index is 11.7. The second-order valence-corrected chi connectivity index (χ2v) is 5.65. The number of nitrogens with one attached hydrogen (secondary N) is 1. The van der Waals surface area contributed by atoms with Gasteiger partial charge < -0.3 is 9.63 Å². The van der Waals surface area contributed by atoms with Crippen LogP contribution in [0.15, 0.2) is 16.9 Å². The van der Waals surface area contributed by atoms with Gasteiger partial charge in [0.15, 0.2) is 0 Å². The van der Waals surface area contributed by atoms with Crippen LogP contribution in [0.2, 0.25) is 0 Å². The van der Waals surface area contributed by atoms with Crippen molar-refractivity contribution in [3.63, 3.8) is 0 Å². The Balaban J connectivity index is 2.64. The van der Waals surface area contributed by atoms with E-state index in [0.29, 0.717) is 6.42 Å². The SMILES string of the molecule is CCCC[C@H](NS(=O)(=O)Cc1ccon1)C(=O)O. The van der Waals surface area contributed by atoms with Crippen LogP contribution in [-0.2, 0) is 20.6 Å². The van der Waals surface area contributed by atoms with Crippen LogP contribution in [0.1, 0.15) is 31.9 Å². The van der Waals surface area contributed by atoms with Crippen LogP contribution in [0.4, 0.5) is 0 Å². The molecule has 1 heterocycles. The summed E-state index contributed by atoms with van der Waals surface area (Å²) < 4.78 is 30.1. The van der Waals surface area contributed by atoms with Gasteiger partial charge in [-0.3, -0.25) is 4.79 Å². The van der Waals surface area contributed by atoms with Gasteiger partial charge in [0.2, 0.25) is 10.0 Å². The van der Waals surface area contributed by atoms with Gasteiger partial charge in [0.1, 0.15) is 18.1 Å². The standard InChI is InChI=1S/C10H16N2O5S/c1-2-3-4-9(10(13)14)12-18(15,16)7-8-5-6-17-11-8/h5-6,9,12H,2-4,7H2,1H3,(H,13,14)/t9-/m0/s1. The lowest BCUT2D eigenvalue weighted by atomic mass is 10.1. The molecule has 0 saturated carbocycles. The molecule has 0 spiro atoms. The molecule has 0 aliphatic rings. The molecule has 0 aromatic carbocycles. The molecule has 0 radical (unpaired) electrons. The first-order chi connectivity index (χ1) is 8.44. The van der Waals surface area contributed by atoms with E-state index in [1.165, 1.54) is 12.3 Å². The maximum atomic E-state index is 11.7. The molecule has 0 saturated heterocycles. The molecule has 0 fully saturated rings. The Morgan fingerprint density at radius 3 is 2.83 bits per heavy atom. The monoisotopic (exact) mass is 276 g/mol. The summed E-state index contributed by atoms with van der Waals surface area (Å²) in [6.45, 7) is 1.91. The van der Waals surface area contributed by atoms with Crippen LogP contribution in [0.3, 0.4) is 0 Å². The molecule has 1 aromatic rings. The summed E-state index contributed by atoms with van der Waals surface area (Å²) in [4.78, 5) is 10.9. The number of carboxylic acids is 1. The summed E-state index contributed by atoms with van der Waals surface area (Å²) in [6.07, 6.45) is 2.97. The number of aromatic nitrogens is 1. The highest BCUT2D eigenvalue weighted by atomic mass is 32.2. The van der Waals surface area contributed by atoms with Gasteiger partial charge in [-0.15, -0.1) is 0 Å². The highest BCUT2D eigenvalue weighted by molar-refractivity contribution is 7.88. The third-order valence-electron chi connectivity index (χ3n) is 2.30. The van der Waals surface area contributed by atoms with Gasteiger partial charge in [-0.25, -0.2) is 13.1 Å². The minimum atomic E-state index is -3.73. The van der Waals surface area contributed by atoms with E-state index < -0.39 is 22.0 Å². The summed E-state index contributed by atoms with van der Waals surface area (Å²) in [5.74, 6) is -1.56. The number of rotatable bonds is 8. The predicted octanol–water partition coefficient (Wildman–Crippen LogP) is 0.737. The normalized spacial score (nSPS) is 13.4. The number of hydrogen-bond acceptors (Lipinski definition) is 5. The molecule has 8 heteroatoms. The number of hydrogen-bond donors (Lipinski definition) is 2. The highest BCUT2D eigenvalue weighted by Gasteiger charge is 2.24. The van der Waals surface area contributed by atoms with Crippen molar-refractivity contribution in [2.45, 2.75) is 38.0 Å². The van der Waals surface area contributed by atoms with Crippen molar-refractivity contribution < 1.29 is 22.8 Å². The third-order valence-corrected chi connectivity index (χ3v) is 3.61. The highest BCUT2D eigenvalue weighted by Crippen LogP contribution is 2.06. The lowest BCUT2D eigenvalue weighted by Gasteiger charge is -2.13. The first kappa shape index (κ1) is 14.7. The molecule has 1 aromatic heterocycles. The summed E-state index contributed by atoms with van der Waals surface area (Å²) in [7, 11) is -3.73. The van der Waals surface area contributed by atoms with E-state index in [0.717, 1.165) is 6.42 Å². The largest absolute Gasteiger partial charge is 0.480 e. The molecular weight excluding hydrogens is 260 g/mol. The Hall–Kier alpha value is -1.41. The van der Waals surface area contributed by atoms with E-state index in [1.807, 2.05) is 6.92 Å². The van der Waals surface area contributed by atoms with E-state index >= 15 is 0 Å². The second kappa shape index (κ2) is 6.50. The van der Waals surface area contributed by atoms with Crippen LogP contribution < -0.4 is 4.72 Å². The Labute approximate surface area is 105 Å². The van der Waals surface area contributed by atoms with Crippen molar-refractivity contribution in [3.05, 3.63) is 18.0 Å². The molecule has 102 valence electrons. The van der Waals surface area contributed by atoms with Gasteiger partial charge in [-0.2, -0.15) is 0 Å². The number of aliphatic carboxylic acids is 1. The summed E-state index contributed by atoms with van der Waals surface area (Å²) >= 11 is 0. The van der Waals surface area contributed by atoms with Crippen LogP contribution >= 0.6 is 0 Å². The number of carboxylic acid groups (broad SMARTS) is 1. The number of sulfonamides is 1. The number of carbonyl (C=O) groups is 1. The summed E-state index contributed by atoms with van der Waals surface area (Å²) in [5, 5.41) is 12.4. The molecule has 18 heavy (non-hydrogen) atoms. The molecule has 0 aliphatic heterocycles. The van der Waals surface area contributed by atoms with E-state index in [1.54, 1.807) is 0 Å². The van der Waals surface area contributed by atoms with E-state index in [-0.39, 0.29) is 17.9 Å². The van der Waals surface area contributed by atoms with Crippen molar-refractivity contribution in [3.8, 4) is 0 Å². The first-order valence-corrected chi connectivity index (χ1v) is 7.22. The molecule has 7 nitrogen and oxygen atoms in total. The maximum Gasteiger partial charge on any atom is 0.321 e. The third kappa shape index (κ3) is 4.84. The Morgan fingerprint density at radius 1 is 1.61 bits per heavy atom. The minimum Gasteiger partial charge on any atom is -0.480 e. The van der Waals surface area contributed by atoms with Crippen molar-refractivity contribution in [2.24, 2.45) is 0 Å². The van der Waals surface area contributed by atoms with Gasteiger partial charge in [-0.1, -0.05) is 24.9 Å². The van der Waals surface area contributed by atoms with Gasteiger partial charge in [0, 0.05) is 6.07 Å². The van der Waals surface area contributed by atoms with E-state index in [9.17, 15) is 13.2 Å². The van der Waals surface area contributed by atoms with Gasteiger partial charge in [0.05, 0.1) is 5.69 Å². The Bertz CT molecular complexity index is 468. The quantitative estimate of drug-likeness (QED) is 0.724. The van der Waals surface area contributed by atoms with Gasteiger partial charge >= 0.3 is 5.97 Å². The van der Waals surface area contributed by atoms with E-state index in [4.69, 9.17) is 5.11 Å². The number of unbranched alkanes of at least 4 members (excludes halogenated alkanes) is 1. The van der Waals surface area contributed by atoms with Gasteiger partial charge in [-0.05, 0) is 6.42 Å². The minimum absolute atomic E-state index is 0.238. The molecule has 1 atom stereocenters. The fraction of sp³-hybridized carbons (Fsp3) is 0.600. The Kier molecular flexibility index (Phi) is 5.29. The van der Waals surface area contributed by atoms with Crippen LogP contribution in [-0.4, -0.2) is 30.7 Å². The number of nitrogens with zero attached hydrogens (tertiary/aromatic N) is 1. The van der Waals surface area contributed by atoms with Crippen LogP contribution in [0.5, 0.6) is 0 Å². The molecule has 0 aliphatic carbocycles. The second-order valence-electron chi connectivity index (χ2n) is 3.90. The molecule has 0 amide bonds. The fourth-order valence-corrected chi connectivity index (χ4v) is 2.68. The summed E-state index contributed by atoms with van der Waals surface area (Å²) in [5.41, 5.74) is 0.238. The smallest absolute Gasteiger partial charge is 0.321 e. The van der Waals surface area contributed by atoms with Crippen molar-refractivity contribution >= 4 is 16.0 Å².